The third-order valence-corrected chi connectivity index (χ3v) is 3.43. The quantitative estimate of drug-likeness (QED) is 0.739. The predicted octanol–water partition coefficient (Wildman–Crippen LogP) is 2.56. The van der Waals surface area contributed by atoms with Crippen LogP contribution in [-0.4, -0.2) is 32.6 Å². The van der Waals surface area contributed by atoms with Crippen LogP contribution >= 0.6 is 11.8 Å². The molecule has 0 spiro atoms. The van der Waals surface area contributed by atoms with E-state index in [2.05, 4.69) is 5.32 Å². The number of phenolic OH excluding ortho intramolecular Hbond substituents is 1. The molecule has 1 aromatic carbocycles. The van der Waals surface area contributed by atoms with Crippen LogP contribution in [0.4, 0.5) is 5.69 Å². The number of aromatic hydroxyl groups is 1. The maximum absolute atomic E-state index is 11.7. The minimum atomic E-state index is -1.13. The zero-order valence-corrected chi connectivity index (χ0v) is 11.9. The number of rotatable bonds is 4. The second-order valence-corrected chi connectivity index (χ2v) is 6.79. The van der Waals surface area contributed by atoms with Crippen molar-refractivity contribution in [3.8, 4) is 5.75 Å². The largest absolute Gasteiger partial charge is 0.506 e. The number of carboxylic acid groups (broad SMARTS) is 1. The molecule has 0 unspecified atom stereocenters. The Balaban J connectivity index is 2.67. The summed E-state index contributed by atoms with van der Waals surface area (Å²) in [7, 11) is 0. The SMILES string of the molecule is CC(C)(C)SCC(=O)Nc1ccc(C(=O)O)cc1O. The lowest BCUT2D eigenvalue weighted by Crippen LogP contribution is -2.19. The van der Waals surface area contributed by atoms with Gasteiger partial charge in [0.15, 0.2) is 0 Å². The van der Waals surface area contributed by atoms with E-state index in [0.717, 1.165) is 6.07 Å². The van der Waals surface area contributed by atoms with Gasteiger partial charge in [-0.1, -0.05) is 20.8 Å². The van der Waals surface area contributed by atoms with E-state index < -0.39 is 5.97 Å². The minimum Gasteiger partial charge on any atom is -0.506 e. The van der Waals surface area contributed by atoms with Crippen LogP contribution in [0.1, 0.15) is 31.1 Å². The Morgan fingerprint density at radius 1 is 1.32 bits per heavy atom. The molecule has 0 bridgehead atoms. The van der Waals surface area contributed by atoms with Gasteiger partial charge in [0.2, 0.25) is 5.91 Å². The van der Waals surface area contributed by atoms with E-state index in [1.807, 2.05) is 20.8 Å². The van der Waals surface area contributed by atoms with E-state index in [1.54, 1.807) is 0 Å². The lowest BCUT2D eigenvalue weighted by atomic mass is 10.2. The first-order chi connectivity index (χ1) is 8.69. The van der Waals surface area contributed by atoms with Crippen LogP contribution in [0.3, 0.4) is 0 Å². The summed E-state index contributed by atoms with van der Waals surface area (Å²) in [4.78, 5) is 22.4. The van der Waals surface area contributed by atoms with Gasteiger partial charge in [-0.05, 0) is 18.2 Å². The molecular weight excluding hydrogens is 266 g/mol. The molecule has 0 heterocycles. The minimum absolute atomic E-state index is 0.0213. The first-order valence-electron chi connectivity index (χ1n) is 5.69. The zero-order chi connectivity index (χ0) is 14.6. The Morgan fingerprint density at radius 2 is 1.95 bits per heavy atom. The molecule has 0 aliphatic heterocycles. The van der Waals surface area contributed by atoms with Crippen molar-refractivity contribution < 1.29 is 19.8 Å². The molecule has 1 amide bonds. The summed E-state index contributed by atoms with van der Waals surface area (Å²) >= 11 is 1.49. The van der Waals surface area contributed by atoms with Gasteiger partial charge in [0.1, 0.15) is 5.75 Å². The number of benzene rings is 1. The summed E-state index contributed by atoms with van der Waals surface area (Å²) in [6.07, 6.45) is 0. The Kier molecular flexibility index (Phi) is 4.83. The zero-order valence-electron chi connectivity index (χ0n) is 11.1. The molecule has 0 aliphatic carbocycles. The number of carbonyl (C=O) groups is 2. The van der Waals surface area contributed by atoms with E-state index in [4.69, 9.17) is 5.11 Å². The van der Waals surface area contributed by atoms with Gasteiger partial charge in [0, 0.05) is 4.75 Å². The van der Waals surface area contributed by atoms with Crippen LogP contribution in [0.25, 0.3) is 0 Å². The van der Waals surface area contributed by atoms with Gasteiger partial charge >= 0.3 is 5.97 Å². The normalized spacial score (nSPS) is 11.1. The van der Waals surface area contributed by atoms with Crippen molar-refractivity contribution in [2.75, 3.05) is 11.1 Å². The van der Waals surface area contributed by atoms with Crippen molar-refractivity contribution >= 4 is 29.3 Å². The average Bonchev–Trinajstić information content (AvgIpc) is 2.28. The van der Waals surface area contributed by atoms with E-state index in [-0.39, 0.29) is 33.4 Å². The molecule has 3 N–H and O–H groups in total. The van der Waals surface area contributed by atoms with Crippen LogP contribution in [-0.2, 0) is 4.79 Å². The van der Waals surface area contributed by atoms with E-state index >= 15 is 0 Å². The van der Waals surface area contributed by atoms with Crippen LogP contribution in [0, 0.1) is 0 Å². The molecular formula is C13H17NO4S. The Bertz CT molecular complexity index is 494. The maximum Gasteiger partial charge on any atom is 0.335 e. The molecule has 0 aromatic heterocycles. The second-order valence-electron chi connectivity index (χ2n) is 4.99. The number of carboxylic acids is 1. The Hall–Kier alpha value is -1.69. The van der Waals surface area contributed by atoms with Crippen molar-refractivity contribution in [2.45, 2.75) is 25.5 Å². The molecule has 19 heavy (non-hydrogen) atoms. The summed E-state index contributed by atoms with van der Waals surface area (Å²) in [6.45, 7) is 6.01. The first kappa shape index (κ1) is 15.4. The number of aromatic carboxylic acids is 1. The average molecular weight is 283 g/mol. The monoisotopic (exact) mass is 283 g/mol. The van der Waals surface area contributed by atoms with Gasteiger partial charge in [-0.3, -0.25) is 4.79 Å². The molecule has 104 valence electrons. The van der Waals surface area contributed by atoms with Gasteiger partial charge in [-0.2, -0.15) is 0 Å². The fourth-order valence-electron chi connectivity index (χ4n) is 1.24. The number of hydrogen-bond donors (Lipinski definition) is 3. The van der Waals surface area contributed by atoms with E-state index in [9.17, 15) is 14.7 Å². The molecule has 0 saturated heterocycles. The number of thioether (sulfide) groups is 1. The van der Waals surface area contributed by atoms with Crippen LogP contribution in [0.2, 0.25) is 0 Å². The van der Waals surface area contributed by atoms with Gasteiger partial charge < -0.3 is 15.5 Å². The maximum atomic E-state index is 11.7. The molecule has 0 radical (unpaired) electrons. The van der Waals surface area contributed by atoms with Crippen LogP contribution in [0.5, 0.6) is 5.75 Å². The lowest BCUT2D eigenvalue weighted by molar-refractivity contribution is -0.113. The highest BCUT2D eigenvalue weighted by molar-refractivity contribution is 8.01. The van der Waals surface area contributed by atoms with E-state index in [1.165, 1.54) is 23.9 Å². The topological polar surface area (TPSA) is 86.6 Å². The number of carbonyl (C=O) groups excluding carboxylic acids is 1. The Labute approximate surface area is 116 Å². The highest BCUT2D eigenvalue weighted by atomic mass is 32.2. The van der Waals surface area contributed by atoms with Gasteiger partial charge in [-0.15, -0.1) is 11.8 Å². The smallest absolute Gasteiger partial charge is 0.335 e. The van der Waals surface area contributed by atoms with Crippen molar-refractivity contribution in [2.24, 2.45) is 0 Å². The van der Waals surface area contributed by atoms with Crippen molar-refractivity contribution in [1.29, 1.82) is 0 Å². The Morgan fingerprint density at radius 3 is 2.42 bits per heavy atom. The lowest BCUT2D eigenvalue weighted by Gasteiger charge is -2.17. The number of hydrogen-bond acceptors (Lipinski definition) is 4. The summed E-state index contributed by atoms with van der Waals surface area (Å²) in [5, 5.41) is 20.9. The molecule has 6 heteroatoms. The van der Waals surface area contributed by atoms with Crippen LogP contribution < -0.4 is 5.32 Å². The summed E-state index contributed by atoms with van der Waals surface area (Å²) < 4.78 is -0.0213. The summed E-state index contributed by atoms with van der Waals surface area (Å²) in [6, 6.07) is 3.81. The fraction of sp³-hybridized carbons (Fsp3) is 0.385. The van der Waals surface area contributed by atoms with E-state index in [0.29, 0.717) is 0 Å². The molecule has 1 aromatic rings. The first-order valence-corrected chi connectivity index (χ1v) is 6.68. The highest BCUT2D eigenvalue weighted by Gasteiger charge is 2.15. The van der Waals surface area contributed by atoms with Crippen LogP contribution in [0.15, 0.2) is 18.2 Å². The highest BCUT2D eigenvalue weighted by Crippen LogP contribution is 2.26. The number of phenols is 1. The molecule has 0 aliphatic rings. The van der Waals surface area contributed by atoms with Gasteiger partial charge in [0.05, 0.1) is 17.0 Å². The number of anilines is 1. The third-order valence-electron chi connectivity index (χ3n) is 2.16. The molecule has 0 saturated carbocycles. The number of amides is 1. The molecule has 0 atom stereocenters. The summed E-state index contributed by atoms with van der Waals surface area (Å²) in [5.41, 5.74) is 0.184. The molecule has 5 nitrogen and oxygen atoms in total. The molecule has 1 rings (SSSR count). The number of nitrogens with one attached hydrogen (secondary N) is 1. The van der Waals surface area contributed by atoms with Crippen molar-refractivity contribution in [1.82, 2.24) is 0 Å². The standard InChI is InChI=1S/C13H17NO4S/c1-13(2,3)19-7-11(16)14-9-5-4-8(12(17)18)6-10(9)15/h4-6,15H,7H2,1-3H3,(H,14,16)(H,17,18). The fourth-order valence-corrected chi connectivity index (χ4v) is 1.87. The van der Waals surface area contributed by atoms with Crippen molar-refractivity contribution in [3.63, 3.8) is 0 Å². The van der Waals surface area contributed by atoms with Gasteiger partial charge in [-0.25, -0.2) is 4.79 Å². The summed E-state index contributed by atoms with van der Waals surface area (Å²) in [5.74, 6) is -1.35. The van der Waals surface area contributed by atoms with Crippen molar-refractivity contribution in [3.05, 3.63) is 23.8 Å². The third kappa shape index (κ3) is 5.21. The second kappa shape index (κ2) is 5.97. The predicted molar refractivity (Wildman–Crippen MR) is 75.9 cm³/mol. The van der Waals surface area contributed by atoms with Gasteiger partial charge in [0.25, 0.3) is 0 Å². The molecule has 0 fully saturated rings.